The Morgan fingerprint density at radius 3 is 1.36 bits per heavy atom. The molecule has 0 spiro atoms. The van der Waals surface area contributed by atoms with Crippen molar-refractivity contribution in [2.75, 3.05) is 0 Å². The van der Waals surface area contributed by atoms with Gasteiger partial charge in [0, 0.05) is 102 Å². The molecule has 0 radical (unpaired) electrons. The van der Waals surface area contributed by atoms with Crippen molar-refractivity contribution >= 4 is 217 Å². The normalized spacial score (nSPS) is 12.7. The summed E-state index contributed by atoms with van der Waals surface area (Å²) in [6.45, 7) is 0. The number of para-hydroxylation sites is 4. The molecule has 0 unspecified atom stereocenters. The van der Waals surface area contributed by atoms with Crippen molar-refractivity contribution in [3.63, 3.8) is 0 Å². The number of hydrogen-bond acceptors (Lipinski definition) is 6. The summed E-state index contributed by atoms with van der Waals surface area (Å²) in [5, 5.41) is 25.8. The molecule has 16 aromatic carbocycles. The quantitative estimate of drug-likeness (QED) is 0.171. The van der Waals surface area contributed by atoms with Gasteiger partial charge in [-0.2, -0.15) is 0 Å². The average molecular weight is 1360 g/mol. The van der Waals surface area contributed by atoms with Gasteiger partial charge in [-0.1, -0.05) is 224 Å². The Morgan fingerprint density at radius 1 is 0.255 bits per heavy atom. The number of aromatic nitrogens is 8. The summed E-state index contributed by atoms with van der Waals surface area (Å²) >= 11 is 1.77. The third-order valence-corrected chi connectivity index (χ3v) is 24.5. The molecule has 0 saturated carbocycles. The van der Waals surface area contributed by atoms with Crippen molar-refractivity contribution in [2.45, 2.75) is 0 Å². The summed E-state index contributed by atoms with van der Waals surface area (Å²) in [6.07, 6.45) is 0. The summed E-state index contributed by atoms with van der Waals surface area (Å²) in [7, 11) is 0. The van der Waals surface area contributed by atoms with Gasteiger partial charge < -0.3 is 13.2 Å². The van der Waals surface area contributed by atoms with Crippen LogP contribution in [0.2, 0.25) is 0 Å². The van der Waals surface area contributed by atoms with Gasteiger partial charge in [0.05, 0.1) is 71.1 Å². The number of fused-ring (bicyclic) bond motifs is 32. The predicted octanol–water partition coefficient (Wildman–Crippen LogP) is 25.6. The van der Waals surface area contributed by atoms with Crippen molar-refractivity contribution in [3.8, 4) is 45.5 Å². The van der Waals surface area contributed by atoms with Gasteiger partial charge in [0.2, 0.25) is 11.9 Å². The van der Waals surface area contributed by atoms with Crippen LogP contribution < -0.4 is 0 Å². The van der Waals surface area contributed by atoms with Crippen molar-refractivity contribution in [1.29, 1.82) is 0 Å². The molecule has 486 valence electrons. The minimum absolute atomic E-state index is 0.581. The first kappa shape index (κ1) is 55.6. The molecular weight excluding hydrogens is 1310 g/mol. The van der Waals surface area contributed by atoms with E-state index in [4.69, 9.17) is 24.4 Å². The monoisotopic (exact) mass is 1360 g/mol. The molecule has 0 N–H and O–H groups in total. The first-order valence-corrected chi connectivity index (χ1v) is 36.9. The molecule has 0 amide bonds. The first-order chi connectivity index (χ1) is 52.6. The highest BCUT2D eigenvalue weighted by molar-refractivity contribution is 7.26. The highest BCUT2D eigenvalue weighted by Gasteiger charge is 2.31. The standard InChI is InChI=1S/C96H50N8OS/c1-2-20-54-46-60(37-33-51(54)17-1)86-94-88(69-27-11-16-32-80(69)106-94)100-96(98-86)102-74-29-13-8-24-66(74)82-78(102)50-71-64-43-40-53-19-4-6-22-62(53)90(64)104-76-44-41-58(48-72(76)84(82)92(71)104)56-34-35-57-47-59(38-36-55(57)45-56)85-93-87(68-26-10-15-31-79(68)105-93)99-95(97-85)101-73-28-12-7-23-65(73)81-77(101)49-70-63-42-39-52-18-3-5-21-61(52)89(63)103-75-30-14-9-25-67(75)83(81)91(70)103/h1-50H. The van der Waals surface area contributed by atoms with Gasteiger partial charge in [-0.15, -0.1) is 11.3 Å². The van der Waals surface area contributed by atoms with Crippen LogP contribution in [0.1, 0.15) is 0 Å². The Labute approximate surface area is 603 Å². The van der Waals surface area contributed by atoms with Gasteiger partial charge >= 0.3 is 0 Å². The third-order valence-electron chi connectivity index (χ3n) is 23.4. The summed E-state index contributed by atoms with van der Waals surface area (Å²) in [5.41, 5.74) is 20.5. The third kappa shape index (κ3) is 7.13. The smallest absolute Gasteiger partial charge is 0.236 e. The van der Waals surface area contributed by atoms with E-state index in [1.807, 2.05) is 12.1 Å². The SMILES string of the molecule is c1ccc2cc(-c3nc(-n4c5ccccc5c5c6c7cc(-c8ccc9cc(-c%10nc(-n%11c%12ccccc%12c%12c%13c%14ccccc%14n%14c%15c%16ccccc%16ccc%15c(cc%12%11)c%13%14)nc%11c%10oc%10ccccc%10%11)ccc9c8)ccc7n7c8c9ccccc9ccc8c(cc54)c67)nc4c3sc3ccccc34)ccc2c1. The maximum atomic E-state index is 6.89. The van der Waals surface area contributed by atoms with Crippen LogP contribution in [0, 0.1) is 0 Å². The van der Waals surface area contributed by atoms with Crippen LogP contribution in [0.25, 0.3) is 251 Å². The molecule has 10 heterocycles. The van der Waals surface area contributed by atoms with Crippen LogP contribution in [0.3, 0.4) is 0 Å². The van der Waals surface area contributed by atoms with Crippen LogP contribution in [-0.2, 0) is 0 Å². The molecule has 10 heteroatoms. The van der Waals surface area contributed by atoms with Crippen LogP contribution in [-0.4, -0.2) is 37.9 Å². The Hall–Kier alpha value is -14.1. The summed E-state index contributed by atoms with van der Waals surface area (Å²) in [5.74, 6) is 1.22. The molecule has 26 rings (SSSR count). The van der Waals surface area contributed by atoms with Gasteiger partial charge in [-0.25, -0.2) is 19.9 Å². The number of benzene rings is 16. The number of rotatable bonds is 5. The molecule has 0 saturated heterocycles. The second-order valence-electron chi connectivity index (χ2n) is 28.7. The van der Waals surface area contributed by atoms with Crippen molar-refractivity contribution in [1.82, 2.24) is 37.9 Å². The molecule has 0 fully saturated rings. The van der Waals surface area contributed by atoms with Gasteiger partial charge in [0.25, 0.3) is 0 Å². The maximum absolute atomic E-state index is 6.89. The molecule has 0 atom stereocenters. The fourth-order valence-corrected chi connectivity index (χ4v) is 20.0. The Kier molecular flexibility index (Phi) is 10.5. The van der Waals surface area contributed by atoms with E-state index in [0.29, 0.717) is 17.5 Å². The van der Waals surface area contributed by atoms with E-state index in [1.54, 1.807) is 11.3 Å². The lowest BCUT2D eigenvalue weighted by atomic mass is 9.96. The highest BCUT2D eigenvalue weighted by atomic mass is 32.1. The number of thiophene rings is 1. The zero-order chi connectivity index (χ0) is 68.5. The van der Waals surface area contributed by atoms with Crippen LogP contribution >= 0.6 is 11.3 Å². The number of hydrogen-bond donors (Lipinski definition) is 0. The minimum atomic E-state index is 0.581. The van der Waals surface area contributed by atoms with E-state index in [2.05, 4.69) is 309 Å². The van der Waals surface area contributed by atoms with E-state index in [1.165, 1.54) is 118 Å². The minimum Gasteiger partial charge on any atom is -0.452 e. The van der Waals surface area contributed by atoms with E-state index in [0.717, 1.165) is 115 Å². The molecular formula is C96H50N8OS. The topological polar surface area (TPSA) is 83.4 Å². The average Bonchev–Trinajstić information content (AvgIpc) is 1.51. The molecule has 0 bridgehead atoms. The van der Waals surface area contributed by atoms with Crippen LogP contribution in [0.5, 0.6) is 0 Å². The predicted molar refractivity (Wildman–Crippen MR) is 442 cm³/mol. The van der Waals surface area contributed by atoms with E-state index < -0.39 is 0 Å². The fourth-order valence-electron chi connectivity index (χ4n) is 18.8. The van der Waals surface area contributed by atoms with Crippen LogP contribution in [0.15, 0.2) is 308 Å². The molecule has 0 aliphatic rings. The van der Waals surface area contributed by atoms with E-state index in [9.17, 15) is 0 Å². The Balaban J connectivity index is 0.674. The summed E-state index contributed by atoms with van der Waals surface area (Å²) < 4.78 is 18.9. The molecule has 0 aliphatic carbocycles. The Bertz CT molecular complexity index is 8490. The zero-order valence-electron chi connectivity index (χ0n) is 56.3. The number of nitrogens with zero attached hydrogens (tertiary/aromatic N) is 8. The number of furan rings is 1. The van der Waals surface area contributed by atoms with E-state index in [-0.39, 0.29) is 0 Å². The molecule has 26 aromatic rings. The van der Waals surface area contributed by atoms with E-state index >= 15 is 0 Å². The first-order valence-electron chi connectivity index (χ1n) is 36.1. The zero-order valence-corrected chi connectivity index (χ0v) is 57.1. The highest BCUT2D eigenvalue weighted by Crippen LogP contribution is 2.52. The Morgan fingerprint density at radius 2 is 0.698 bits per heavy atom. The summed E-state index contributed by atoms with van der Waals surface area (Å²) in [6, 6.07) is 111. The molecule has 0 aliphatic heterocycles. The largest absolute Gasteiger partial charge is 0.452 e. The molecule has 106 heavy (non-hydrogen) atoms. The van der Waals surface area contributed by atoms with Crippen molar-refractivity contribution < 1.29 is 4.42 Å². The lowest BCUT2D eigenvalue weighted by molar-refractivity contribution is 0.666. The van der Waals surface area contributed by atoms with Crippen molar-refractivity contribution in [3.05, 3.63) is 303 Å². The fraction of sp³-hybridized carbons (Fsp3) is 0. The van der Waals surface area contributed by atoms with Gasteiger partial charge in [0.1, 0.15) is 16.8 Å². The second kappa shape index (κ2) is 20.0. The maximum Gasteiger partial charge on any atom is 0.236 e. The van der Waals surface area contributed by atoms with Gasteiger partial charge in [-0.3, -0.25) is 9.13 Å². The molecule has 10 aromatic heterocycles. The lowest BCUT2D eigenvalue weighted by Crippen LogP contribution is -2.03. The lowest BCUT2D eigenvalue weighted by Gasteiger charge is -2.11. The van der Waals surface area contributed by atoms with Gasteiger partial charge in [-0.05, 0) is 122 Å². The second-order valence-corrected chi connectivity index (χ2v) is 29.8. The van der Waals surface area contributed by atoms with Gasteiger partial charge in [0.15, 0.2) is 5.58 Å². The van der Waals surface area contributed by atoms with Crippen LogP contribution in [0.4, 0.5) is 0 Å². The molecule has 9 nitrogen and oxygen atoms in total. The summed E-state index contributed by atoms with van der Waals surface area (Å²) in [4.78, 5) is 22.7. The van der Waals surface area contributed by atoms with Crippen molar-refractivity contribution in [2.24, 2.45) is 0 Å².